The van der Waals surface area contributed by atoms with Crippen molar-refractivity contribution in [2.45, 2.75) is 39.0 Å². The van der Waals surface area contributed by atoms with Crippen LogP contribution in [0.2, 0.25) is 0 Å². The third kappa shape index (κ3) is 3.51. The van der Waals surface area contributed by atoms with Gasteiger partial charge in [-0.2, -0.15) is 0 Å². The number of primary amides is 1. The van der Waals surface area contributed by atoms with Crippen LogP contribution >= 0.6 is 11.3 Å². The summed E-state index contributed by atoms with van der Waals surface area (Å²) in [5.74, 6) is 0.0940. The average Bonchev–Trinajstić information content (AvgIpc) is 2.92. The zero-order chi connectivity index (χ0) is 17.1. The Morgan fingerprint density at radius 3 is 2.71 bits per heavy atom. The standard InChI is InChI=1S/C19H22N2O2S/c1-2-12-8-9-14-15(10-12)24-19(17(14)18(20)23)21-16(22)11-13-6-4-3-5-7-13/h3-7,12H,2,8-11H2,1H3,(H2,20,23)(H,21,22). The van der Waals surface area contributed by atoms with Crippen LogP contribution in [0.15, 0.2) is 30.3 Å². The van der Waals surface area contributed by atoms with Crippen molar-refractivity contribution in [3.8, 4) is 0 Å². The van der Waals surface area contributed by atoms with E-state index in [2.05, 4.69) is 12.2 Å². The molecular weight excluding hydrogens is 320 g/mol. The summed E-state index contributed by atoms with van der Waals surface area (Å²) in [7, 11) is 0. The van der Waals surface area contributed by atoms with E-state index < -0.39 is 5.91 Å². The molecule has 1 aliphatic carbocycles. The Bertz CT molecular complexity index is 752. The Hall–Kier alpha value is -2.14. The number of thiophene rings is 1. The molecule has 0 saturated heterocycles. The van der Waals surface area contributed by atoms with E-state index in [4.69, 9.17) is 5.73 Å². The Morgan fingerprint density at radius 2 is 2.04 bits per heavy atom. The van der Waals surface area contributed by atoms with Crippen molar-refractivity contribution in [1.82, 2.24) is 0 Å². The van der Waals surface area contributed by atoms with Crippen molar-refractivity contribution >= 4 is 28.2 Å². The predicted molar refractivity (Wildman–Crippen MR) is 97.4 cm³/mol. The summed E-state index contributed by atoms with van der Waals surface area (Å²) in [5.41, 5.74) is 8.11. The maximum absolute atomic E-state index is 12.3. The summed E-state index contributed by atoms with van der Waals surface area (Å²) < 4.78 is 0. The van der Waals surface area contributed by atoms with E-state index in [9.17, 15) is 9.59 Å². The lowest BCUT2D eigenvalue weighted by atomic mass is 9.85. The molecule has 5 heteroatoms. The van der Waals surface area contributed by atoms with Gasteiger partial charge in [0.15, 0.2) is 0 Å². The Kier molecular flexibility index (Phi) is 5.00. The monoisotopic (exact) mass is 342 g/mol. The second kappa shape index (κ2) is 7.18. The van der Waals surface area contributed by atoms with E-state index in [1.807, 2.05) is 30.3 Å². The highest BCUT2D eigenvalue weighted by molar-refractivity contribution is 7.17. The number of carbonyl (C=O) groups excluding carboxylic acids is 2. The van der Waals surface area contributed by atoms with Crippen molar-refractivity contribution < 1.29 is 9.59 Å². The van der Waals surface area contributed by atoms with Gasteiger partial charge in [0.05, 0.1) is 12.0 Å². The third-order valence-electron chi connectivity index (χ3n) is 4.65. The molecule has 126 valence electrons. The number of carbonyl (C=O) groups is 2. The van der Waals surface area contributed by atoms with E-state index in [1.54, 1.807) is 0 Å². The first kappa shape index (κ1) is 16.7. The maximum atomic E-state index is 12.3. The minimum Gasteiger partial charge on any atom is -0.365 e. The van der Waals surface area contributed by atoms with Gasteiger partial charge in [-0.3, -0.25) is 9.59 Å². The van der Waals surface area contributed by atoms with Crippen LogP contribution in [0.1, 0.15) is 46.1 Å². The molecule has 0 saturated carbocycles. The molecule has 3 N–H and O–H groups in total. The average molecular weight is 342 g/mol. The van der Waals surface area contributed by atoms with Crippen molar-refractivity contribution in [3.63, 3.8) is 0 Å². The number of anilines is 1. The van der Waals surface area contributed by atoms with Gasteiger partial charge >= 0.3 is 0 Å². The lowest BCUT2D eigenvalue weighted by Gasteiger charge is -2.20. The van der Waals surface area contributed by atoms with Crippen LogP contribution in [0.3, 0.4) is 0 Å². The van der Waals surface area contributed by atoms with Gasteiger partial charge in [0.25, 0.3) is 5.91 Å². The summed E-state index contributed by atoms with van der Waals surface area (Å²) in [6, 6.07) is 9.57. The number of nitrogens with one attached hydrogen (secondary N) is 1. The first-order valence-corrected chi connectivity index (χ1v) is 9.18. The first-order valence-electron chi connectivity index (χ1n) is 8.36. The number of hydrogen-bond donors (Lipinski definition) is 2. The molecular formula is C19H22N2O2S. The van der Waals surface area contributed by atoms with E-state index in [0.717, 1.165) is 36.8 Å². The molecule has 1 atom stereocenters. The number of nitrogens with two attached hydrogens (primary N) is 1. The van der Waals surface area contributed by atoms with Crippen LogP contribution in [0.25, 0.3) is 0 Å². The molecule has 24 heavy (non-hydrogen) atoms. The van der Waals surface area contributed by atoms with Crippen molar-refractivity contribution in [1.29, 1.82) is 0 Å². The zero-order valence-electron chi connectivity index (χ0n) is 13.8. The third-order valence-corrected chi connectivity index (χ3v) is 5.82. The largest absolute Gasteiger partial charge is 0.365 e. The van der Waals surface area contributed by atoms with Gasteiger partial charge in [-0.1, -0.05) is 43.7 Å². The molecule has 0 aliphatic heterocycles. The number of fused-ring (bicyclic) bond motifs is 1. The van der Waals surface area contributed by atoms with Crippen LogP contribution < -0.4 is 11.1 Å². The Balaban J connectivity index is 1.81. The predicted octanol–water partition coefficient (Wildman–Crippen LogP) is 3.54. The molecule has 0 radical (unpaired) electrons. The number of rotatable bonds is 5. The topological polar surface area (TPSA) is 72.2 Å². The fourth-order valence-electron chi connectivity index (χ4n) is 3.30. The normalized spacial score (nSPS) is 16.5. The van der Waals surface area contributed by atoms with Crippen molar-refractivity contribution in [2.24, 2.45) is 11.7 Å². The fraction of sp³-hybridized carbons (Fsp3) is 0.368. The van der Waals surface area contributed by atoms with E-state index >= 15 is 0 Å². The van der Waals surface area contributed by atoms with Crippen LogP contribution in [-0.2, 0) is 24.1 Å². The highest BCUT2D eigenvalue weighted by Crippen LogP contribution is 2.40. The minimum atomic E-state index is -0.447. The number of benzene rings is 1. The Morgan fingerprint density at radius 1 is 1.29 bits per heavy atom. The lowest BCUT2D eigenvalue weighted by molar-refractivity contribution is -0.115. The summed E-state index contributed by atoms with van der Waals surface area (Å²) in [6.45, 7) is 2.20. The van der Waals surface area contributed by atoms with Gasteiger partial charge in [0.1, 0.15) is 5.00 Å². The second-order valence-electron chi connectivity index (χ2n) is 6.30. The molecule has 0 bridgehead atoms. The molecule has 1 aromatic carbocycles. The quantitative estimate of drug-likeness (QED) is 0.872. The molecule has 1 heterocycles. The summed E-state index contributed by atoms with van der Waals surface area (Å²) in [4.78, 5) is 25.5. The Labute approximate surface area is 146 Å². The molecule has 3 rings (SSSR count). The summed E-state index contributed by atoms with van der Waals surface area (Å²) in [6.07, 6.45) is 4.36. The van der Waals surface area contributed by atoms with Gasteiger partial charge in [0, 0.05) is 4.88 Å². The SMILES string of the molecule is CCC1CCc2c(sc(NC(=O)Cc3ccccc3)c2C(N)=O)C1. The maximum Gasteiger partial charge on any atom is 0.251 e. The van der Waals surface area contributed by atoms with Crippen LogP contribution in [0.5, 0.6) is 0 Å². The summed E-state index contributed by atoms with van der Waals surface area (Å²) >= 11 is 1.52. The highest BCUT2D eigenvalue weighted by atomic mass is 32.1. The molecule has 4 nitrogen and oxygen atoms in total. The molecule has 2 amide bonds. The number of amides is 2. The fourth-order valence-corrected chi connectivity index (χ4v) is 4.69. The van der Waals surface area contributed by atoms with E-state index in [-0.39, 0.29) is 5.91 Å². The van der Waals surface area contributed by atoms with E-state index in [1.165, 1.54) is 16.2 Å². The van der Waals surface area contributed by atoms with Crippen molar-refractivity contribution in [2.75, 3.05) is 5.32 Å². The minimum absolute atomic E-state index is 0.116. The lowest BCUT2D eigenvalue weighted by Crippen LogP contribution is -2.20. The molecule has 1 unspecified atom stereocenters. The van der Waals surface area contributed by atoms with Crippen LogP contribution in [0, 0.1) is 5.92 Å². The van der Waals surface area contributed by atoms with E-state index in [0.29, 0.717) is 22.9 Å². The van der Waals surface area contributed by atoms with Crippen LogP contribution in [-0.4, -0.2) is 11.8 Å². The molecule has 2 aromatic rings. The number of hydrogen-bond acceptors (Lipinski definition) is 3. The second-order valence-corrected chi connectivity index (χ2v) is 7.40. The van der Waals surface area contributed by atoms with Crippen LogP contribution in [0.4, 0.5) is 5.00 Å². The molecule has 1 aromatic heterocycles. The molecule has 0 spiro atoms. The smallest absolute Gasteiger partial charge is 0.251 e. The van der Waals surface area contributed by atoms with Gasteiger partial charge in [-0.05, 0) is 36.3 Å². The molecule has 1 aliphatic rings. The zero-order valence-corrected chi connectivity index (χ0v) is 14.6. The molecule has 0 fully saturated rings. The first-order chi connectivity index (χ1) is 11.6. The summed E-state index contributed by atoms with van der Waals surface area (Å²) in [5, 5.41) is 3.53. The van der Waals surface area contributed by atoms with Gasteiger partial charge < -0.3 is 11.1 Å². The van der Waals surface area contributed by atoms with Gasteiger partial charge in [0.2, 0.25) is 5.91 Å². The van der Waals surface area contributed by atoms with Gasteiger partial charge in [-0.15, -0.1) is 11.3 Å². The van der Waals surface area contributed by atoms with Crippen molar-refractivity contribution in [3.05, 3.63) is 51.9 Å². The van der Waals surface area contributed by atoms with Gasteiger partial charge in [-0.25, -0.2) is 0 Å². The highest BCUT2D eigenvalue weighted by Gasteiger charge is 2.28.